The van der Waals surface area contributed by atoms with Gasteiger partial charge < -0.3 is 9.55 Å². The molecule has 2 aromatic heterocycles. The molecule has 0 spiro atoms. The number of hydrogen-bond donors (Lipinski definition) is 0. The third-order valence-corrected chi connectivity index (χ3v) is 5.00. The summed E-state index contributed by atoms with van der Waals surface area (Å²) in [6.45, 7) is 8.35. The first-order valence-corrected chi connectivity index (χ1v) is 9.33. The van der Waals surface area contributed by atoms with E-state index in [0.717, 1.165) is 31.2 Å². The van der Waals surface area contributed by atoms with Crippen LogP contribution in [0.15, 0.2) is 6.07 Å². The summed E-state index contributed by atoms with van der Waals surface area (Å²) in [5.41, 5.74) is 1.86. The van der Waals surface area contributed by atoms with Crippen molar-refractivity contribution in [2.45, 2.75) is 84.1 Å². The van der Waals surface area contributed by atoms with E-state index in [1.807, 2.05) is 33.8 Å². The van der Waals surface area contributed by atoms with E-state index in [1.54, 1.807) is 0 Å². The molecule has 0 amide bonds. The largest absolute Gasteiger partial charge is 0.353 e. The van der Waals surface area contributed by atoms with E-state index in [-0.39, 0.29) is 25.9 Å². The van der Waals surface area contributed by atoms with Gasteiger partial charge in [-0.15, -0.1) is 17.2 Å². The van der Waals surface area contributed by atoms with Crippen molar-refractivity contribution in [2.75, 3.05) is 0 Å². The molecule has 7 heteroatoms. The number of rotatable bonds is 3. The van der Waals surface area contributed by atoms with Crippen molar-refractivity contribution in [2.24, 2.45) is 0 Å². The Morgan fingerprint density at radius 1 is 1.07 bits per heavy atom. The van der Waals surface area contributed by atoms with E-state index in [0.29, 0.717) is 17.3 Å². The molecule has 0 aromatic carbocycles. The number of hydrogen-bond acceptors (Lipinski definition) is 3. The molecule has 0 bridgehead atoms. The molecule has 2 aromatic rings. The van der Waals surface area contributed by atoms with Gasteiger partial charge in [0.1, 0.15) is 0 Å². The molecule has 0 saturated heterocycles. The SMILES string of the molecule is Cc1nc(C2CCCCC2)c[c-]c1-c1nnc(C(C)(F)F)n1C(C)(C)C.[Ir]. The number of alkyl halides is 2. The molecule has 0 aliphatic heterocycles. The van der Waals surface area contributed by atoms with Gasteiger partial charge in [-0.3, -0.25) is 0 Å². The van der Waals surface area contributed by atoms with Crippen molar-refractivity contribution in [1.29, 1.82) is 0 Å². The second-order valence-electron chi connectivity index (χ2n) is 8.36. The van der Waals surface area contributed by atoms with Crippen LogP contribution in [0, 0.1) is 13.0 Å². The molecule has 0 unspecified atom stereocenters. The van der Waals surface area contributed by atoms with Crippen LogP contribution in [0.1, 0.15) is 82.9 Å². The Morgan fingerprint density at radius 3 is 2.22 bits per heavy atom. The first-order chi connectivity index (χ1) is 12.1. The van der Waals surface area contributed by atoms with Crippen molar-refractivity contribution in [3.63, 3.8) is 0 Å². The van der Waals surface area contributed by atoms with Crippen molar-refractivity contribution in [1.82, 2.24) is 19.7 Å². The molecule has 1 aliphatic carbocycles. The molecule has 0 atom stereocenters. The first kappa shape index (κ1) is 22.1. The molecular formula is C20H27F2IrN4-. The Kier molecular flexibility index (Phi) is 6.58. The number of pyridine rings is 1. The van der Waals surface area contributed by atoms with Crippen molar-refractivity contribution in [3.8, 4) is 11.4 Å². The zero-order valence-electron chi connectivity index (χ0n) is 16.6. The number of nitrogens with zero attached hydrogens (tertiary/aromatic N) is 4. The fourth-order valence-electron chi connectivity index (χ4n) is 3.73. The summed E-state index contributed by atoms with van der Waals surface area (Å²) >= 11 is 0. The second kappa shape index (κ2) is 8.04. The molecule has 151 valence electrons. The van der Waals surface area contributed by atoms with Crippen LogP contribution in [0.25, 0.3) is 11.4 Å². The predicted octanol–water partition coefficient (Wildman–Crippen LogP) is 5.36. The molecule has 27 heavy (non-hydrogen) atoms. The fourth-order valence-corrected chi connectivity index (χ4v) is 3.73. The van der Waals surface area contributed by atoms with Gasteiger partial charge in [0.05, 0.1) is 5.82 Å². The summed E-state index contributed by atoms with van der Waals surface area (Å²) in [5.74, 6) is -2.52. The van der Waals surface area contributed by atoms with Crippen LogP contribution in [0.3, 0.4) is 0 Å². The Bertz CT molecular complexity index is 784. The van der Waals surface area contributed by atoms with Gasteiger partial charge in [0, 0.05) is 32.6 Å². The van der Waals surface area contributed by atoms with Gasteiger partial charge in [-0.2, -0.15) is 13.9 Å². The summed E-state index contributed by atoms with van der Waals surface area (Å²) < 4.78 is 29.6. The summed E-state index contributed by atoms with van der Waals surface area (Å²) in [6.07, 6.45) is 6.08. The average Bonchev–Trinajstić information content (AvgIpc) is 3.01. The molecule has 2 heterocycles. The summed E-state index contributed by atoms with van der Waals surface area (Å²) in [6, 6.07) is 5.17. The average molecular weight is 554 g/mol. The third kappa shape index (κ3) is 4.62. The number of aromatic nitrogens is 4. The number of halogens is 2. The Labute approximate surface area is 173 Å². The van der Waals surface area contributed by atoms with Gasteiger partial charge in [0.25, 0.3) is 0 Å². The topological polar surface area (TPSA) is 43.6 Å². The van der Waals surface area contributed by atoms with E-state index in [1.165, 1.54) is 23.8 Å². The Morgan fingerprint density at radius 2 is 1.70 bits per heavy atom. The van der Waals surface area contributed by atoms with Crippen LogP contribution in [0.5, 0.6) is 0 Å². The third-order valence-electron chi connectivity index (χ3n) is 5.00. The van der Waals surface area contributed by atoms with Crippen LogP contribution < -0.4 is 0 Å². The molecule has 1 fully saturated rings. The smallest absolute Gasteiger partial charge is 0.303 e. The maximum absolute atomic E-state index is 14.0. The molecule has 1 saturated carbocycles. The predicted molar refractivity (Wildman–Crippen MR) is 97.2 cm³/mol. The van der Waals surface area contributed by atoms with E-state index < -0.39 is 11.5 Å². The van der Waals surface area contributed by atoms with Gasteiger partial charge in [-0.1, -0.05) is 44.6 Å². The zero-order valence-corrected chi connectivity index (χ0v) is 19.0. The minimum atomic E-state index is -3.07. The zero-order chi connectivity index (χ0) is 19.1. The normalized spacial score (nSPS) is 16.3. The van der Waals surface area contributed by atoms with Crippen molar-refractivity contribution < 1.29 is 28.9 Å². The van der Waals surface area contributed by atoms with Gasteiger partial charge in [-0.25, -0.2) is 0 Å². The van der Waals surface area contributed by atoms with Crippen LogP contribution in [-0.2, 0) is 31.6 Å². The Balaban J connectivity index is 0.00000261. The van der Waals surface area contributed by atoms with Gasteiger partial charge >= 0.3 is 5.92 Å². The summed E-state index contributed by atoms with van der Waals surface area (Å²) in [7, 11) is 0. The number of aryl methyl sites for hydroxylation is 1. The molecular weight excluding hydrogens is 526 g/mol. The van der Waals surface area contributed by atoms with E-state index in [2.05, 4.69) is 16.3 Å². The van der Waals surface area contributed by atoms with Gasteiger partial charge in [-0.05, 0) is 38.1 Å². The van der Waals surface area contributed by atoms with Crippen LogP contribution in [0.2, 0.25) is 0 Å². The fraction of sp³-hybridized carbons (Fsp3) is 0.650. The molecule has 4 nitrogen and oxygen atoms in total. The summed E-state index contributed by atoms with van der Waals surface area (Å²) in [5, 5.41) is 7.88. The van der Waals surface area contributed by atoms with Crippen LogP contribution in [-0.4, -0.2) is 19.7 Å². The van der Waals surface area contributed by atoms with Crippen molar-refractivity contribution in [3.05, 3.63) is 29.3 Å². The minimum absolute atomic E-state index is 0. The molecule has 1 aliphatic rings. The van der Waals surface area contributed by atoms with E-state index >= 15 is 0 Å². The minimum Gasteiger partial charge on any atom is -0.353 e. The molecule has 0 N–H and O–H groups in total. The second-order valence-corrected chi connectivity index (χ2v) is 8.36. The van der Waals surface area contributed by atoms with Crippen LogP contribution >= 0.6 is 0 Å². The Hall–Kier alpha value is -1.20. The monoisotopic (exact) mass is 554 g/mol. The van der Waals surface area contributed by atoms with Gasteiger partial charge in [0.15, 0.2) is 5.82 Å². The van der Waals surface area contributed by atoms with Gasteiger partial charge in [0.2, 0.25) is 0 Å². The standard InChI is InChI=1S/C20H27F2N4.Ir/c1-13-15(11-12-16(23-13)14-9-7-6-8-10-14)17-24-25-18(20(5,21)22)26(17)19(2,3)4;/h12,14H,6-10H2,1-5H3;/q-1;. The van der Waals surface area contributed by atoms with Crippen molar-refractivity contribution >= 4 is 0 Å². The molecule has 3 rings (SSSR count). The molecule has 1 radical (unpaired) electrons. The van der Waals surface area contributed by atoms with E-state index in [4.69, 9.17) is 4.98 Å². The van der Waals surface area contributed by atoms with E-state index in [9.17, 15) is 8.78 Å². The summed E-state index contributed by atoms with van der Waals surface area (Å²) in [4.78, 5) is 4.77. The first-order valence-electron chi connectivity index (χ1n) is 9.33. The maximum Gasteiger partial charge on any atom is 0.303 e. The quantitative estimate of drug-likeness (QED) is 0.481. The van der Waals surface area contributed by atoms with Crippen LogP contribution in [0.4, 0.5) is 8.78 Å². The maximum atomic E-state index is 14.0.